The summed E-state index contributed by atoms with van der Waals surface area (Å²) >= 11 is 0. The van der Waals surface area contributed by atoms with E-state index in [-0.39, 0.29) is 17.7 Å². The first-order chi connectivity index (χ1) is 10.0. The molecule has 0 spiro atoms. The number of hydrogen-bond donors (Lipinski definition) is 1. The first kappa shape index (κ1) is 15.4. The van der Waals surface area contributed by atoms with Gasteiger partial charge in [0.05, 0.1) is 17.6 Å². The van der Waals surface area contributed by atoms with Crippen molar-refractivity contribution in [3.8, 4) is 0 Å². The summed E-state index contributed by atoms with van der Waals surface area (Å²) in [5.41, 5.74) is 0.710. The lowest BCUT2D eigenvalue weighted by atomic mass is 10.1. The van der Waals surface area contributed by atoms with Gasteiger partial charge in [0.25, 0.3) is 11.6 Å². The molecule has 1 heterocycles. The average Bonchev–Trinajstić information content (AvgIpc) is 2.47. The highest BCUT2D eigenvalue weighted by Gasteiger charge is 2.23. The Balaban J connectivity index is 2.11. The summed E-state index contributed by atoms with van der Waals surface area (Å²) in [4.78, 5) is 24.5. The van der Waals surface area contributed by atoms with Gasteiger partial charge in [-0.3, -0.25) is 14.9 Å². The van der Waals surface area contributed by atoms with Crippen LogP contribution in [0.15, 0.2) is 18.2 Å². The van der Waals surface area contributed by atoms with Gasteiger partial charge in [-0.15, -0.1) is 0 Å². The Morgan fingerprint density at radius 3 is 2.95 bits per heavy atom. The van der Waals surface area contributed by atoms with Crippen molar-refractivity contribution in [2.45, 2.75) is 13.0 Å². The SMILES string of the molecule is Cc1c(C(=O)N(C)CC2CNCCO2)cccc1[N+](=O)[O-]. The summed E-state index contributed by atoms with van der Waals surface area (Å²) in [5.74, 6) is -0.231. The molecule has 21 heavy (non-hydrogen) atoms. The predicted octanol–water partition coefficient (Wildman–Crippen LogP) is 0.964. The van der Waals surface area contributed by atoms with Gasteiger partial charge in [0, 0.05) is 43.9 Å². The molecule has 114 valence electrons. The van der Waals surface area contributed by atoms with Crippen LogP contribution in [0.5, 0.6) is 0 Å². The van der Waals surface area contributed by atoms with Gasteiger partial charge in [-0.1, -0.05) is 6.07 Å². The van der Waals surface area contributed by atoms with Gasteiger partial charge < -0.3 is 15.0 Å². The van der Waals surface area contributed by atoms with Gasteiger partial charge in [0.2, 0.25) is 0 Å². The molecule has 1 aliphatic rings. The number of nitro benzene ring substituents is 1. The normalized spacial score (nSPS) is 18.3. The second kappa shape index (κ2) is 6.64. The molecule has 0 radical (unpaired) electrons. The second-order valence-electron chi connectivity index (χ2n) is 5.09. The van der Waals surface area contributed by atoms with Crippen molar-refractivity contribution in [3.63, 3.8) is 0 Å². The minimum atomic E-state index is -0.472. The smallest absolute Gasteiger partial charge is 0.273 e. The first-order valence-corrected chi connectivity index (χ1v) is 6.82. The van der Waals surface area contributed by atoms with Gasteiger partial charge in [0.1, 0.15) is 0 Å². The molecular weight excluding hydrogens is 274 g/mol. The maximum absolute atomic E-state index is 12.4. The number of amides is 1. The molecule has 0 aromatic heterocycles. The Bertz CT molecular complexity index is 541. The molecule has 1 aromatic carbocycles. The van der Waals surface area contributed by atoms with Crippen molar-refractivity contribution in [1.82, 2.24) is 10.2 Å². The van der Waals surface area contributed by atoms with Crippen LogP contribution in [0.4, 0.5) is 5.69 Å². The van der Waals surface area contributed by atoms with E-state index >= 15 is 0 Å². The van der Waals surface area contributed by atoms with E-state index in [1.165, 1.54) is 12.1 Å². The van der Waals surface area contributed by atoms with Crippen LogP contribution in [0.1, 0.15) is 15.9 Å². The van der Waals surface area contributed by atoms with Crippen molar-refractivity contribution in [3.05, 3.63) is 39.4 Å². The fourth-order valence-corrected chi connectivity index (χ4v) is 2.38. The Morgan fingerprint density at radius 1 is 1.57 bits per heavy atom. The number of benzene rings is 1. The van der Waals surface area contributed by atoms with Crippen molar-refractivity contribution in [2.75, 3.05) is 33.3 Å². The minimum Gasteiger partial charge on any atom is -0.374 e. The summed E-state index contributed by atoms with van der Waals surface area (Å²) in [5, 5.41) is 14.1. The molecule has 7 nitrogen and oxygen atoms in total. The number of carbonyl (C=O) groups is 1. The zero-order valence-electron chi connectivity index (χ0n) is 12.2. The van der Waals surface area contributed by atoms with E-state index in [2.05, 4.69) is 5.32 Å². The largest absolute Gasteiger partial charge is 0.374 e. The number of nitrogens with zero attached hydrogens (tertiary/aromatic N) is 2. The van der Waals surface area contributed by atoms with E-state index in [0.717, 1.165) is 6.54 Å². The van der Waals surface area contributed by atoms with E-state index in [1.807, 2.05) is 0 Å². The Labute approximate surface area is 123 Å². The molecule has 1 aromatic rings. The first-order valence-electron chi connectivity index (χ1n) is 6.82. The molecule has 2 rings (SSSR count). The van der Waals surface area contributed by atoms with Crippen LogP contribution in [0, 0.1) is 17.0 Å². The summed E-state index contributed by atoms with van der Waals surface area (Å²) < 4.78 is 5.56. The van der Waals surface area contributed by atoms with E-state index in [9.17, 15) is 14.9 Å². The molecule has 1 N–H and O–H groups in total. The zero-order valence-corrected chi connectivity index (χ0v) is 12.2. The number of ether oxygens (including phenoxy) is 1. The predicted molar refractivity (Wildman–Crippen MR) is 77.4 cm³/mol. The van der Waals surface area contributed by atoms with Gasteiger partial charge >= 0.3 is 0 Å². The monoisotopic (exact) mass is 293 g/mol. The maximum atomic E-state index is 12.4. The Morgan fingerprint density at radius 2 is 2.33 bits per heavy atom. The third-order valence-corrected chi connectivity index (χ3v) is 3.56. The van der Waals surface area contributed by atoms with E-state index in [4.69, 9.17) is 4.74 Å². The summed E-state index contributed by atoms with van der Waals surface area (Å²) in [6.45, 7) is 4.19. The highest BCUT2D eigenvalue weighted by Crippen LogP contribution is 2.22. The standard InChI is InChI=1S/C14H19N3O4/c1-10-12(4-3-5-13(10)17(19)20)14(18)16(2)9-11-8-15-6-7-21-11/h3-5,11,15H,6-9H2,1-2H3. The fourth-order valence-electron chi connectivity index (χ4n) is 2.38. The summed E-state index contributed by atoms with van der Waals surface area (Å²) in [6.07, 6.45) is -0.0493. The zero-order chi connectivity index (χ0) is 15.4. The Kier molecular flexibility index (Phi) is 4.87. The number of nitro groups is 1. The van der Waals surface area contributed by atoms with Crippen molar-refractivity contribution >= 4 is 11.6 Å². The molecule has 0 saturated carbocycles. The quantitative estimate of drug-likeness (QED) is 0.660. The van der Waals surface area contributed by atoms with Crippen LogP contribution in [0.2, 0.25) is 0 Å². The molecule has 0 bridgehead atoms. The number of hydrogen-bond acceptors (Lipinski definition) is 5. The van der Waals surface area contributed by atoms with E-state index in [0.29, 0.717) is 30.8 Å². The number of likely N-dealkylation sites (N-methyl/N-ethyl adjacent to an activating group) is 1. The van der Waals surface area contributed by atoms with Crippen LogP contribution in [0.25, 0.3) is 0 Å². The average molecular weight is 293 g/mol. The summed E-state index contributed by atoms with van der Waals surface area (Å²) in [7, 11) is 1.68. The van der Waals surface area contributed by atoms with Gasteiger partial charge in [-0.2, -0.15) is 0 Å². The topological polar surface area (TPSA) is 84.7 Å². The highest BCUT2D eigenvalue weighted by atomic mass is 16.6. The van der Waals surface area contributed by atoms with Gasteiger partial charge in [-0.25, -0.2) is 0 Å². The van der Waals surface area contributed by atoms with Crippen molar-refractivity contribution in [1.29, 1.82) is 0 Å². The molecule has 0 aliphatic carbocycles. The number of carbonyl (C=O) groups excluding carboxylic acids is 1. The molecular formula is C14H19N3O4. The van der Waals surface area contributed by atoms with Gasteiger partial charge in [-0.05, 0) is 13.0 Å². The molecule has 1 atom stereocenters. The lowest BCUT2D eigenvalue weighted by Crippen LogP contribution is -2.45. The van der Waals surface area contributed by atoms with Crippen LogP contribution >= 0.6 is 0 Å². The number of rotatable bonds is 4. The van der Waals surface area contributed by atoms with Crippen molar-refractivity contribution < 1.29 is 14.5 Å². The summed E-state index contributed by atoms with van der Waals surface area (Å²) in [6, 6.07) is 4.55. The minimum absolute atomic E-state index is 0.0372. The molecule has 1 fully saturated rings. The molecule has 1 aliphatic heterocycles. The van der Waals surface area contributed by atoms with Crippen LogP contribution in [-0.2, 0) is 4.74 Å². The van der Waals surface area contributed by atoms with Crippen LogP contribution in [0.3, 0.4) is 0 Å². The molecule has 1 unspecified atom stereocenters. The lowest BCUT2D eigenvalue weighted by Gasteiger charge is -2.28. The third kappa shape index (κ3) is 3.56. The lowest BCUT2D eigenvalue weighted by molar-refractivity contribution is -0.385. The van der Waals surface area contributed by atoms with Crippen molar-refractivity contribution in [2.24, 2.45) is 0 Å². The maximum Gasteiger partial charge on any atom is 0.273 e. The van der Waals surface area contributed by atoms with Gasteiger partial charge in [0.15, 0.2) is 0 Å². The van der Waals surface area contributed by atoms with E-state index in [1.54, 1.807) is 24.9 Å². The number of morpholine rings is 1. The third-order valence-electron chi connectivity index (χ3n) is 3.56. The molecule has 1 saturated heterocycles. The molecule has 7 heteroatoms. The van der Waals surface area contributed by atoms with Crippen LogP contribution < -0.4 is 5.32 Å². The second-order valence-corrected chi connectivity index (χ2v) is 5.09. The van der Waals surface area contributed by atoms with E-state index < -0.39 is 4.92 Å². The Hall–Kier alpha value is -1.99. The highest BCUT2D eigenvalue weighted by molar-refractivity contribution is 5.96. The molecule has 1 amide bonds. The van der Waals surface area contributed by atoms with Crippen LogP contribution in [-0.4, -0.2) is 55.1 Å². The number of nitrogens with one attached hydrogen (secondary N) is 1. The fraction of sp³-hybridized carbons (Fsp3) is 0.500.